The summed E-state index contributed by atoms with van der Waals surface area (Å²) in [4.78, 5) is 12.2. The van der Waals surface area contributed by atoms with Gasteiger partial charge in [0.05, 0.1) is 12.7 Å². The number of rotatable bonds is 3. The van der Waals surface area contributed by atoms with E-state index in [-0.39, 0.29) is 11.2 Å². The molecule has 0 atom stereocenters. The lowest BCUT2D eigenvalue weighted by atomic mass is 9.87. The van der Waals surface area contributed by atoms with Crippen LogP contribution in [0.4, 0.5) is 0 Å². The van der Waals surface area contributed by atoms with Gasteiger partial charge in [-0.1, -0.05) is 32.4 Å². The molecule has 0 N–H and O–H groups in total. The molecule has 1 rings (SSSR count). The molecule has 2 nitrogen and oxygen atoms in total. The van der Waals surface area contributed by atoms with E-state index in [9.17, 15) is 4.79 Å². The summed E-state index contributed by atoms with van der Waals surface area (Å²) < 4.78 is 5.24. The van der Waals surface area contributed by atoms with E-state index < -0.39 is 0 Å². The van der Waals surface area contributed by atoms with Crippen LogP contribution in [0.15, 0.2) is 12.1 Å². The van der Waals surface area contributed by atoms with Gasteiger partial charge in [0.25, 0.3) is 0 Å². The van der Waals surface area contributed by atoms with Crippen LogP contribution in [0.25, 0.3) is 0 Å². The summed E-state index contributed by atoms with van der Waals surface area (Å²) in [6.45, 7) is 8.00. The predicted octanol–water partition coefficient (Wildman–Crippen LogP) is 4.28. The average molecular weight is 255 g/mol. The zero-order valence-electron chi connectivity index (χ0n) is 11.1. The van der Waals surface area contributed by atoms with Crippen molar-refractivity contribution in [3.63, 3.8) is 0 Å². The van der Waals surface area contributed by atoms with Gasteiger partial charge in [-0.3, -0.25) is 4.79 Å². The molecule has 0 heterocycles. The van der Waals surface area contributed by atoms with Gasteiger partial charge in [0.1, 0.15) is 5.75 Å². The Morgan fingerprint density at radius 1 is 1.35 bits per heavy atom. The fraction of sp³-hybridized carbons (Fsp3) is 0.500. The van der Waals surface area contributed by atoms with Gasteiger partial charge >= 0.3 is 0 Å². The van der Waals surface area contributed by atoms with Crippen molar-refractivity contribution in [3.05, 3.63) is 28.3 Å². The highest BCUT2D eigenvalue weighted by atomic mass is 35.5. The highest BCUT2D eigenvalue weighted by Gasteiger charge is 2.21. The third-order valence-electron chi connectivity index (χ3n) is 2.47. The minimum absolute atomic E-state index is 0.0422. The first-order valence-corrected chi connectivity index (χ1v) is 6.00. The smallest absolute Gasteiger partial charge is 0.167 e. The normalized spacial score (nSPS) is 11.4. The zero-order valence-corrected chi connectivity index (χ0v) is 11.8. The second kappa shape index (κ2) is 5.09. The lowest BCUT2D eigenvalue weighted by molar-refractivity contribution is 0.0937. The molecule has 0 amide bonds. The van der Waals surface area contributed by atoms with E-state index >= 15 is 0 Å². The number of halogens is 1. The van der Waals surface area contributed by atoms with Gasteiger partial charge in [-0.05, 0) is 30.0 Å². The highest BCUT2D eigenvalue weighted by molar-refractivity contribution is 6.31. The zero-order chi connectivity index (χ0) is 13.2. The molecule has 0 aromatic heterocycles. The van der Waals surface area contributed by atoms with Crippen molar-refractivity contribution in [1.29, 1.82) is 0 Å². The summed E-state index contributed by atoms with van der Waals surface area (Å²) in [6.07, 6.45) is 0.475. The third-order valence-corrected chi connectivity index (χ3v) is 2.88. The highest BCUT2D eigenvalue weighted by Crippen LogP contribution is 2.30. The molecule has 0 spiro atoms. The number of carbonyl (C=O) groups excluding carboxylic acids is 1. The number of hydrogen-bond donors (Lipinski definition) is 0. The maximum atomic E-state index is 12.2. The molecule has 94 valence electrons. The number of carbonyl (C=O) groups is 1. The van der Waals surface area contributed by atoms with E-state index in [2.05, 4.69) is 0 Å². The number of hydrogen-bond acceptors (Lipinski definition) is 2. The monoisotopic (exact) mass is 254 g/mol. The molecule has 0 saturated heterocycles. The van der Waals surface area contributed by atoms with E-state index in [0.29, 0.717) is 22.8 Å². The topological polar surface area (TPSA) is 26.3 Å². The molecule has 3 heteroatoms. The molecule has 1 aromatic rings. The van der Waals surface area contributed by atoms with Crippen LogP contribution in [0.1, 0.15) is 43.1 Å². The van der Waals surface area contributed by atoms with Crippen molar-refractivity contribution in [2.75, 3.05) is 7.11 Å². The van der Waals surface area contributed by atoms with Crippen LogP contribution in [-0.4, -0.2) is 12.9 Å². The van der Waals surface area contributed by atoms with Crippen LogP contribution in [0, 0.1) is 12.3 Å². The summed E-state index contributed by atoms with van der Waals surface area (Å²) >= 11 is 6.05. The molecule has 0 unspecified atom stereocenters. The molecule has 0 fully saturated rings. The second-order valence-electron chi connectivity index (χ2n) is 5.46. The Kier molecular flexibility index (Phi) is 4.21. The van der Waals surface area contributed by atoms with Crippen LogP contribution < -0.4 is 4.74 Å². The van der Waals surface area contributed by atoms with Gasteiger partial charge in [-0.2, -0.15) is 0 Å². The number of Topliss-reactive ketones (excluding diaryl/α,β-unsaturated/α-hetero) is 1. The molecular weight excluding hydrogens is 236 g/mol. The summed E-state index contributed by atoms with van der Waals surface area (Å²) in [5.74, 6) is 0.664. The van der Waals surface area contributed by atoms with Crippen molar-refractivity contribution >= 4 is 17.4 Å². The molecule has 0 bridgehead atoms. The molecule has 0 aliphatic rings. The fourth-order valence-corrected chi connectivity index (χ4v) is 1.78. The fourth-order valence-electron chi connectivity index (χ4n) is 1.62. The van der Waals surface area contributed by atoms with Crippen molar-refractivity contribution in [2.24, 2.45) is 5.41 Å². The standard InChI is InChI=1S/C14H19ClO2/c1-9-6-13(17-5)10(7-11(9)15)12(16)8-14(2,3)4/h6-7H,8H2,1-5H3. The van der Waals surface area contributed by atoms with E-state index in [1.54, 1.807) is 19.2 Å². The second-order valence-corrected chi connectivity index (χ2v) is 5.87. The Labute approximate surface area is 108 Å². The van der Waals surface area contributed by atoms with Crippen LogP contribution in [0.2, 0.25) is 5.02 Å². The van der Waals surface area contributed by atoms with Crippen LogP contribution in [0.3, 0.4) is 0 Å². The van der Waals surface area contributed by atoms with Gasteiger partial charge in [-0.15, -0.1) is 0 Å². The molecule has 0 radical (unpaired) electrons. The van der Waals surface area contributed by atoms with Crippen LogP contribution in [0.5, 0.6) is 5.75 Å². The summed E-state index contributed by atoms with van der Waals surface area (Å²) in [5, 5.41) is 0.600. The molecule has 0 aliphatic carbocycles. The van der Waals surface area contributed by atoms with E-state index in [1.807, 2.05) is 27.7 Å². The average Bonchev–Trinajstić information content (AvgIpc) is 2.18. The number of ketones is 1. The first-order valence-electron chi connectivity index (χ1n) is 5.62. The van der Waals surface area contributed by atoms with Gasteiger partial charge in [0, 0.05) is 11.4 Å². The number of ether oxygens (including phenoxy) is 1. The van der Waals surface area contributed by atoms with Gasteiger partial charge < -0.3 is 4.74 Å². The van der Waals surface area contributed by atoms with Gasteiger partial charge in [0.2, 0.25) is 0 Å². The first kappa shape index (κ1) is 14.0. The lowest BCUT2D eigenvalue weighted by Crippen LogP contribution is -2.14. The van der Waals surface area contributed by atoms with Gasteiger partial charge in [0.15, 0.2) is 5.78 Å². The third kappa shape index (κ3) is 3.74. The SMILES string of the molecule is COc1cc(C)c(Cl)cc1C(=O)CC(C)(C)C. The summed E-state index contributed by atoms with van der Waals surface area (Å²) in [5.41, 5.74) is 1.44. The van der Waals surface area contributed by atoms with E-state index in [1.165, 1.54) is 0 Å². The minimum Gasteiger partial charge on any atom is -0.496 e. The predicted molar refractivity (Wildman–Crippen MR) is 71.1 cm³/mol. The Balaban J connectivity index is 3.12. The maximum Gasteiger partial charge on any atom is 0.167 e. The Morgan fingerprint density at radius 2 is 1.94 bits per heavy atom. The first-order chi connectivity index (χ1) is 7.74. The van der Waals surface area contributed by atoms with Gasteiger partial charge in [-0.25, -0.2) is 0 Å². The molecule has 0 saturated carbocycles. The quantitative estimate of drug-likeness (QED) is 0.753. The Hall–Kier alpha value is -1.02. The molecule has 1 aromatic carbocycles. The number of methoxy groups -OCH3 is 1. The minimum atomic E-state index is -0.0422. The van der Waals surface area contributed by atoms with E-state index in [4.69, 9.17) is 16.3 Å². The largest absolute Gasteiger partial charge is 0.496 e. The van der Waals surface area contributed by atoms with Crippen LogP contribution in [-0.2, 0) is 0 Å². The Bertz CT molecular complexity index is 431. The molecule has 0 aliphatic heterocycles. The lowest BCUT2D eigenvalue weighted by Gasteiger charge is -2.18. The van der Waals surface area contributed by atoms with Crippen molar-refractivity contribution < 1.29 is 9.53 Å². The van der Waals surface area contributed by atoms with Crippen molar-refractivity contribution in [3.8, 4) is 5.75 Å². The maximum absolute atomic E-state index is 12.2. The molecule has 17 heavy (non-hydrogen) atoms. The van der Waals surface area contributed by atoms with Crippen LogP contribution >= 0.6 is 11.6 Å². The molecular formula is C14H19ClO2. The summed E-state index contributed by atoms with van der Waals surface area (Å²) in [7, 11) is 1.57. The summed E-state index contributed by atoms with van der Waals surface area (Å²) in [6, 6.07) is 3.50. The Morgan fingerprint density at radius 3 is 2.41 bits per heavy atom. The van der Waals surface area contributed by atoms with E-state index in [0.717, 1.165) is 5.56 Å². The van der Waals surface area contributed by atoms with Crippen molar-refractivity contribution in [2.45, 2.75) is 34.1 Å². The van der Waals surface area contributed by atoms with Crippen molar-refractivity contribution in [1.82, 2.24) is 0 Å². The number of aryl methyl sites for hydroxylation is 1. The number of benzene rings is 1.